The summed E-state index contributed by atoms with van der Waals surface area (Å²) in [5, 5.41) is 29.3. The highest BCUT2D eigenvalue weighted by Gasteiger charge is 2.38. The summed E-state index contributed by atoms with van der Waals surface area (Å²) in [7, 11) is 0. The van der Waals surface area contributed by atoms with Gasteiger partial charge in [0.2, 0.25) is 0 Å². The van der Waals surface area contributed by atoms with Crippen molar-refractivity contribution in [2.75, 3.05) is 39.4 Å². The smallest absolute Gasteiger partial charge is 0.407 e. The molecule has 3 rings (SSSR count). The van der Waals surface area contributed by atoms with Crippen LogP contribution < -0.4 is 0 Å². The summed E-state index contributed by atoms with van der Waals surface area (Å²) in [6, 6.07) is 5.21. The molecule has 1 amide bonds. The normalized spacial score (nSPS) is 21.4. The quantitative estimate of drug-likeness (QED) is 0.749. The van der Waals surface area contributed by atoms with Crippen LogP contribution in [0.4, 0.5) is 4.79 Å². The molecule has 2 aliphatic heterocycles. The van der Waals surface area contributed by atoms with E-state index in [1.165, 1.54) is 4.90 Å². The molecule has 0 aromatic heterocycles. The number of rotatable bonds is 3. The zero-order chi connectivity index (χ0) is 15.7. The summed E-state index contributed by atoms with van der Waals surface area (Å²) in [5.41, 5.74) is 0.454. The van der Waals surface area contributed by atoms with E-state index in [4.69, 9.17) is 9.84 Å². The predicted molar refractivity (Wildman–Crippen MR) is 77.7 cm³/mol. The standard InChI is InChI=1S/C15H20N2O5/c18-13-7-12(15(21)9-22-10-15)2-1-11(13)8-16-3-5-17(6-4-16)14(19)20/h1-2,7,18,21H,3-6,8-10H2,(H,19,20). The molecule has 0 radical (unpaired) electrons. The first-order valence-electron chi connectivity index (χ1n) is 7.31. The van der Waals surface area contributed by atoms with Crippen LogP contribution in [0.25, 0.3) is 0 Å². The van der Waals surface area contributed by atoms with Gasteiger partial charge in [-0.15, -0.1) is 0 Å². The van der Waals surface area contributed by atoms with Gasteiger partial charge in [0, 0.05) is 38.3 Å². The molecule has 120 valence electrons. The number of amides is 1. The van der Waals surface area contributed by atoms with Crippen LogP contribution in [-0.4, -0.2) is 70.6 Å². The van der Waals surface area contributed by atoms with Crippen LogP contribution in [0.15, 0.2) is 18.2 Å². The molecule has 3 N–H and O–H groups in total. The third kappa shape index (κ3) is 2.87. The third-order valence-corrected chi connectivity index (χ3v) is 4.34. The molecule has 22 heavy (non-hydrogen) atoms. The van der Waals surface area contributed by atoms with Gasteiger partial charge >= 0.3 is 6.09 Å². The maximum atomic E-state index is 10.9. The number of phenolic OH excluding ortho intramolecular Hbond substituents is 1. The predicted octanol–water partition coefficient (Wildman–Crippen LogP) is 0.406. The fraction of sp³-hybridized carbons (Fsp3) is 0.533. The van der Waals surface area contributed by atoms with Crippen molar-refractivity contribution in [2.45, 2.75) is 12.1 Å². The Morgan fingerprint density at radius 1 is 1.23 bits per heavy atom. The van der Waals surface area contributed by atoms with Gasteiger partial charge in [-0.2, -0.15) is 0 Å². The van der Waals surface area contributed by atoms with Gasteiger partial charge < -0.3 is 25.0 Å². The van der Waals surface area contributed by atoms with E-state index >= 15 is 0 Å². The van der Waals surface area contributed by atoms with E-state index < -0.39 is 11.7 Å². The Balaban J connectivity index is 1.63. The van der Waals surface area contributed by atoms with E-state index in [1.807, 2.05) is 12.1 Å². The van der Waals surface area contributed by atoms with Crippen molar-refractivity contribution in [3.05, 3.63) is 29.3 Å². The minimum Gasteiger partial charge on any atom is -0.508 e. The number of piperazine rings is 1. The SMILES string of the molecule is O=C(O)N1CCN(Cc2ccc(C3(O)COC3)cc2O)CC1. The molecule has 0 bridgehead atoms. The van der Waals surface area contributed by atoms with E-state index in [0.29, 0.717) is 38.3 Å². The van der Waals surface area contributed by atoms with Crippen molar-refractivity contribution in [3.63, 3.8) is 0 Å². The summed E-state index contributed by atoms with van der Waals surface area (Å²) >= 11 is 0. The lowest BCUT2D eigenvalue weighted by molar-refractivity contribution is -0.184. The van der Waals surface area contributed by atoms with E-state index in [-0.39, 0.29) is 19.0 Å². The molecule has 0 saturated carbocycles. The van der Waals surface area contributed by atoms with Crippen molar-refractivity contribution in [2.24, 2.45) is 0 Å². The second-order valence-corrected chi connectivity index (χ2v) is 5.91. The highest BCUT2D eigenvalue weighted by Crippen LogP contribution is 2.32. The molecular formula is C15H20N2O5. The number of aliphatic hydroxyl groups is 1. The largest absolute Gasteiger partial charge is 0.508 e. The minimum absolute atomic E-state index is 0.151. The summed E-state index contributed by atoms with van der Waals surface area (Å²) in [6.45, 7) is 3.31. The molecule has 2 fully saturated rings. The molecule has 2 saturated heterocycles. The molecule has 2 aliphatic rings. The Labute approximate surface area is 128 Å². The summed E-state index contributed by atoms with van der Waals surface area (Å²) in [4.78, 5) is 14.4. The molecule has 7 nitrogen and oxygen atoms in total. The zero-order valence-corrected chi connectivity index (χ0v) is 12.2. The van der Waals surface area contributed by atoms with E-state index in [2.05, 4.69) is 4.90 Å². The lowest BCUT2D eigenvalue weighted by atomic mass is 9.91. The fourth-order valence-corrected chi connectivity index (χ4v) is 2.79. The fourth-order valence-electron chi connectivity index (χ4n) is 2.79. The average Bonchev–Trinajstić information content (AvgIpc) is 2.47. The molecule has 0 aliphatic carbocycles. The van der Waals surface area contributed by atoms with Crippen molar-refractivity contribution >= 4 is 6.09 Å². The maximum absolute atomic E-state index is 10.9. The van der Waals surface area contributed by atoms with Crippen LogP contribution >= 0.6 is 0 Å². The lowest BCUT2D eigenvalue weighted by Gasteiger charge is -2.37. The molecular weight excluding hydrogens is 288 g/mol. The third-order valence-electron chi connectivity index (χ3n) is 4.34. The first kappa shape index (κ1) is 15.1. The van der Waals surface area contributed by atoms with E-state index in [1.54, 1.807) is 6.07 Å². The summed E-state index contributed by atoms with van der Waals surface area (Å²) in [5.74, 6) is 0.151. The van der Waals surface area contributed by atoms with Crippen LogP contribution in [0.3, 0.4) is 0 Å². The number of carbonyl (C=O) groups is 1. The summed E-state index contributed by atoms with van der Waals surface area (Å²) < 4.78 is 5.02. The van der Waals surface area contributed by atoms with Crippen molar-refractivity contribution in [1.29, 1.82) is 0 Å². The van der Waals surface area contributed by atoms with Gasteiger partial charge in [0.05, 0.1) is 13.2 Å². The van der Waals surface area contributed by atoms with Gasteiger partial charge in [0.25, 0.3) is 0 Å². The van der Waals surface area contributed by atoms with Crippen LogP contribution in [-0.2, 0) is 16.9 Å². The van der Waals surface area contributed by atoms with Gasteiger partial charge in [-0.25, -0.2) is 4.79 Å². The second-order valence-electron chi connectivity index (χ2n) is 5.91. The topological polar surface area (TPSA) is 93.5 Å². The Morgan fingerprint density at radius 3 is 2.41 bits per heavy atom. The molecule has 7 heteroatoms. The van der Waals surface area contributed by atoms with E-state index in [0.717, 1.165) is 5.56 Å². The van der Waals surface area contributed by atoms with Crippen LogP contribution in [0.1, 0.15) is 11.1 Å². The minimum atomic E-state index is -0.983. The molecule has 2 heterocycles. The monoisotopic (exact) mass is 308 g/mol. The first-order chi connectivity index (χ1) is 10.5. The molecule has 1 aromatic rings. The van der Waals surface area contributed by atoms with Crippen molar-refractivity contribution in [3.8, 4) is 5.75 Å². The average molecular weight is 308 g/mol. The molecule has 1 aromatic carbocycles. The van der Waals surface area contributed by atoms with Crippen molar-refractivity contribution in [1.82, 2.24) is 9.80 Å². The van der Waals surface area contributed by atoms with Crippen LogP contribution in [0.5, 0.6) is 5.75 Å². The van der Waals surface area contributed by atoms with Gasteiger partial charge in [0.1, 0.15) is 11.4 Å². The highest BCUT2D eigenvalue weighted by molar-refractivity contribution is 5.65. The Hall–Kier alpha value is -1.83. The Morgan fingerprint density at radius 2 is 1.91 bits per heavy atom. The Kier molecular flexibility index (Phi) is 3.94. The number of benzene rings is 1. The van der Waals surface area contributed by atoms with Gasteiger partial charge in [-0.3, -0.25) is 4.90 Å². The number of phenols is 1. The lowest BCUT2D eigenvalue weighted by Crippen LogP contribution is -2.47. The number of hydrogen-bond acceptors (Lipinski definition) is 5. The number of hydrogen-bond donors (Lipinski definition) is 3. The van der Waals surface area contributed by atoms with Crippen LogP contribution in [0, 0.1) is 0 Å². The molecule has 0 atom stereocenters. The molecule has 0 spiro atoms. The van der Waals surface area contributed by atoms with Crippen LogP contribution in [0.2, 0.25) is 0 Å². The van der Waals surface area contributed by atoms with Gasteiger partial charge in [0.15, 0.2) is 0 Å². The van der Waals surface area contributed by atoms with Gasteiger partial charge in [-0.05, 0) is 11.6 Å². The molecule has 0 unspecified atom stereocenters. The van der Waals surface area contributed by atoms with E-state index in [9.17, 15) is 15.0 Å². The zero-order valence-electron chi connectivity index (χ0n) is 12.2. The summed E-state index contributed by atoms with van der Waals surface area (Å²) in [6.07, 6.45) is -0.886. The van der Waals surface area contributed by atoms with Gasteiger partial charge in [-0.1, -0.05) is 12.1 Å². The highest BCUT2D eigenvalue weighted by atomic mass is 16.5. The van der Waals surface area contributed by atoms with Crippen molar-refractivity contribution < 1.29 is 24.9 Å². The number of ether oxygens (including phenoxy) is 1. The first-order valence-corrected chi connectivity index (χ1v) is 7.31. The number of carboxylic acid groups (broad SMARTS) is 1. The maximum Gasteiger partial charge on any atom is 0.407 e. The number of aromatic hydroxyl groups is 1. The second kappa shape index (κ2) is 5.75. The Bertz CT molecular complexity index is 565. The number of nitrogens with zero attached hydrogens (tertiary/aromatic N) is 2.